The van der Waals surface area contributed by atoms with E-state index in [1.165, 1.54) is 24.5 Å². The van der Waals surface area contributed by atoms with Gasteiger partial charge in [-0.3, -0.25) is 9.78 Å². The van der Waals surface area contributed by atoms with E-state index in [9.17, 15) is 18.0 Å². The van der Waals surface area contributed by atoms with Crippen LogP contribution in [0.25, 0.3) is 0 Å². The van der Waals surface area contributed by atoms with Crippen LogP contribution in [0.5, 0.6) is 0 Å². The monoisotopic (exact) mass is 252 g/mol. The third kappa shape index (κ3) is 2.48. The lowest BCUT2D eigenvalue weighted by molar-refractivity contribution is 0.102. The van der Waals surface area contributed by atoms with Gasteiger partial charge in [-0.2, -0.15) is 0 Å². The largest absolute Gasteiger partial charge is 0.317 e. The topological polar surface area (TPSA) is 42.0 Å². The normalized spacial score (nSPS) is 10.2. The molecule has 0 saturated heterocycles. The lowest BCUT2D eigenvalue weighted by Gasteiger charge is -2.07. The molecule has 0 aliphatic carbocycles. The Hall–Kier alpha value is -2.37. The summed E-state index contributed by atoms with van der Waals surface area (Å²) >= 11 is 0. The van der Waals surface area contributed by atoms with Crippen molar-refractivity contribution in [3.8, 4) is 0 Å². The minimum absolute atomic E-state index is 0.139. The predicted octanol–water partition coefficient (Wildman–Crippen LogP) is 2.75. The summed E-state index contributed by atoms with van der Waals surface area (Å²) in [4.78, 5) is 15.3. The highest BCUT2D eigenvalue weighted by molar-refractivity contribution is 6.04. The average Bonchev–Trinajstić information content (AvgIpc) is 2.34. The molecule has 0 spiro atoms. The number of nitrogens with one attached hydrogen (secondary N) is 1. The van der Waals surface area contributed by atoms with E-state index in [2.05, 4.69) is 4.98 Å². The minimum Gasteiger partial charge on any atom is -0.317 e. The summed E-state index contributed by atoms with van der Waals surface area (Å²) in [6, 6.07) is 3.91. The first-order valence-electron chi connectivity index (χ1n) is 4.94. The maximum atomic E-state index is 13.3. The third-order valence-corrected chi connectivity index (χ3v) is 2.17. The van der Waals surface area contributed by atoms with Gasteiger partial charge in [0.05, 0.1) is 5.56 Å². The van der Waals surface area contributed by atoms with E-state index in [-0.39, 0.29) is 5.56 Å². The summed E-state index contributed by atoms with van der Waals surface area (Å²) in [7, 11) is 0. The van der Waals surface area contributed by atoms with Gasteiger partial charge in [0.15, 0.2) is 11.6 Å². The predicted molar refractivity (Wildman–Crippen MR) is 58.5 cm³/mol. The number of carbonyl (C=O) groups is 1. The van der Waals surface area contributed by atoms with Gasteiger partial charge in [0.2, 0.25) is 0 Å². The van der Waals surface area contributed by atoms with E-state index in [1.807, 2.05) is 5.32 Å². The van der Waals surface area contributed by atoms with Crippen LogP contribution in [0, 0.1) is 17.5 Å². The van der Waals surface area contributed by atoms with Crippen LogP contribution in [0.4, 0.5) is 18.9 Å². The Bertz CT molecular complexity index is 564. The Morgan fingerprint density at radius 3 is 2.39 bits per heavy atom. The molecule has 2 aromatic rings. The maximum absolute atomic E-state index is 13.3. The molecule has 0 saturated carbocycles. The highest BCUT2D eigenvalue weighted by Crippen LogP contribution is 2.20. The molecule has 1 amide bonds. The number of halogens is 3. The summed E-state index contributed by atoms with van der Waals surface area (Å²) in [5, 5.41) is 2.03. The second kappa shape index (κ2) is 4.87. The number of hydrogen-bond donors (Lipinski definition) is 1. The van der Waals surface area contributed by atoms with Crippen LogP contribution in [0.1, 0.15) is 10.4 Å². The molecule has 0 radical (unpaired) electrons. The number of anilines is 1. The van der Waals surface area contributed by atoms with Gasteiger partial charge in [0.1, 0.15) is 11.5 Å². The van der Waals surface area contributed by atoms with Crippen molar-refractivity contribution in [1.82, 2.24) is 4.98 Å². The number of aromatic nitrogens is 1. The summed E-state index contributed by atoms with van der Waals surface area (Å²) in [6.07, 6.45) is 2.70. The molecule has 18 heavy (non-hydrogen) atoms. The minimum atomic E-state index is -1.18. The van der Waals surface area contributed by atoms with Gasteiger partial charge >= 0.3 is 0 Å². The lowest BCUT2D eigenvalue weighted by atomic mass is 10.2. The molecule has 1 heterocycles. The Morgan fingerprint density at radius 1 is 1.17 bits per heavy atom. The van der Waals surface area contributed by atoms with Crippen LogP contribution in [-0.4, -0.2) is 10.9 Å². The second-order valence-electron chi connectivity index (χ2n) is 3.44. The maximum Gasteiger partial charge on any atom is 0.257 e. The van der Waals surface area contributed by atoms with Crippen molar-refractivity contribution in [1.29, 1.82) is 0 Å². The second-order valence-corrected chi connectivity index (χ2v) is 3.44. The van der Waals surface area contributed by atoms with E-state index >= 15 is 0 Å². The molecule has 0 unspecified atom stereocenters. The molecule has 92 valence electrons. The smallest absolute Gasteiger partial charge is 0.257 e. The molecule has 0 atom stereocenters. The Labute approximate surface area is 100 Å². The molecular weight excluding hydrogens is 245 g/mol. The van der Waals surface area contributed by atoms with E-state index in [4.69, 9.17) is 0 Å². The molecule has 3 nitrogen and oxygen atoms in total. The van der Waals surface area contributed by atoms with Crippen LogP contribution in [0.3, 0.4) is 0 Å². The molecule has 1 aromatic carbocycles. The number of amides is 1. The zero-order valence-corrected chi connectivity index (χ0v) is 8.95. The molecule has 2 rings (SSSR count). The molecule has 6 heteroatoms. The Balaban J connectivity index is 2.28. The van der Waals surface area contributed by atoms with Crippen LogP contribution in [0.15, 0.2) is 36.7 Å². The lowest BCUT2D eigenvalue weighted by Crippen LogP contribution is -2.14. The van der Waals surface area contributed by atoms with Crippen LogP contribution in [-0.2, 0) is 0 Å². The van der Waals surface area contributed by atoms with Crippen LogP contribution in [0.2, 0.25) is 0 Å². The van der Waals surface area contributed by atoms with Gasteiger partial charge in [0, 0.05) is 24.5 Å². The van der Waals surface area contributed by atoms with E-state index in [0.717, 1.165) is 0 Å². The fourth-order valence-electron chi connectivity index (χ4n) is 1.34. The van der Waals surface area contributed by atoms with Crippen molar-refractivity contribution >= 4 is 11.6 Å². The number of rotatable bonds is 2. The van der Waals surface area contributed by atoms with Crippen molar-refractivity contribution < 1.29 is 18.0 Å². The summed E-state index contributed by atoms with van der Waals surface area (Å²) in [6.45, 7) is 0. The van der Waals surface area contributed by atoms with Crippen molar-refractivity contribution in [2.24, 2.45) is 0 Å². The zero-order valence-electron chi connectivity index (χ0n) is 8.95. The van der Waals surface area contributed by atoms with E-state index < -0.39 is 29.0 Å². The van der Waals surface area contributed by atoms with E-state index in [1.54, 1.807) is 0 Å². The molecule has 1 aromatic heterocycles. The molecule has 0 fully saturated rings. The SMILES string of the molecule is O=C(Nc1c(F)cc(F)cc1F)c1cccnc1. The van der Waals surface area contributed by atoms with Crippen molar-refractivity contribution in [3.05, 3.63) is 59.7 Å². The van der Waals surface area contributed by atoms with Crippen molar-refractivity contribution in [2.75, 3.05) is 5.32 Å². The molecular formula is C12H7F3N2O. The quantitative estimate of drug-likeness (QED) is 0.892. The van der Waals surface area contributed by atoms with Crippen LogP contribution < -0.4 is 5.32 Å². The average molecular weight is 252 g/mol. The first-order chi connectivity index (χ1) is 8.58. The third-order valence-electron chi connectivity index (χ3n) is 2.17. The van der Waals surface area contributed by atoms with Crippen molar-refractivity contribution in [3.63, 3.8) is 0 Å². The number of carbonyl (C=O) groups excluding carboxylic acids is 1. The summed E-state index contributed by atoms with van der Waals surface area (Å²) in [5.41, 5.74) is -0.550. The first kappa shape index (κ1) is 12.1. The molecule has 0 aliphatic heterocycles. The van der Waals surface area contributed by atoms with Gasteiger partial charge in [-0.1, -0.05) is 0 Å². The number of pyridine rings is 1. The highest BCUT2D eigenvalue weighted by atomic mass is 19.1. The Kier molecular flexibility index (Phi) is 3.27. The van der Waals surface area contributed by atoms with E-state index in [0.29, 0.717) is 12.1 Å². The number of nitrogens with zero attached hydrogens (tertiary/aromatic N) is 1. The number of benzene rings is 1. The summed E-state index contributed by atoms with van der Waals surface area (Å²) < 4.78 is 39.2. The summed E-state index contributed by atoms with van der Waals surface area (Å²) in [5.74, 6) is -4.13. The molecule has 0 aliphatic rings. The zero-order chi connectivity index (χ0) is 13.1. The van der Waals surface area contributed by atoms with Crippen LogP contribution >= 0.6 is 0 Å². The Morgan fingerprint density at radius 2 is 1.83 bits per heavy atom. The van der Waals surface area contributed by atoms with Gasteiger partial charge < -0.3 is 5.32 Å². The fourth-order valence-corrected chi connectivity index (χ4v) is 1.34. The molecule has 1 N–H and O–H groups in total. The van der Waals surface area contributed by atoms with Gasteiger partial charge in [-0.25, -0.2) is 13.2 Å². The highest BCUT2D eigenvalue weighted by Gasteiger charge is 2.15. The standard InChI is InChI=1S/C12H7F3N2O/c13-8-4-9(14)11(10(15)5-8)17-12(18)7-2-1-3-16-6-7/h1-6H,(H,17,18). The molecule has 0 bridgehead atoms. The van der Waals surface area contributed by atoms with Crippen molar-refractivity contribution in [2.45, 2.75) is 0 Å². The van der Waals surface area contributed by atoms with Gasteiger partial charge in [-0.05, 0) is 12.1 Å². The number of hydrogen-bond acceptors (Lipinski definition) is 2. The van der Waals surface area contributed by atoms with Gasteiger partial charge in [-0.15, -0.1) is 0 Å². The first-order valence-corrected chi connectivity index (χ1v) is 4.94. The fraction of sp³-hybridized carbons (Fsp3) is 0. The van der Waals surface area contributed by atoms with Gasteiger partial charge in [0.25, 0.3) is 5.91 Å².